The Morgan fingerprint density at radius 3 is 1.66 bits per heavy atom. The van der Waals surface area contributed by atoms with Gasteiger partial charge in [0.15, 0.2) is 0 Å². The van der Waals surface area contributed by atoms with Crippen LogP contribution in [0.15, 0.2) is 182 Å². The molecule has 0 aliphatic heterocycles. The van der Waals surface area contributed by atoms with Crippen LogP contribution in [0.4, 0.5) is 0 Å². The summed E-state index contributed by atoms with van der Waals surface area (Å²) >= 11 is 1.98. The van der Waals surface area contributed by atoms with Crippen LogP contribution in [0.2, 0.25) is 0 Å². The molecule has 0 radical (unpaired) electrons. The van der Waals surface area contributed by atoms with Crippen LogP contribution in [0.1, 0.15) is 25.0 Å². The first-order chi connectivity index (χ1) is 27.5. The maximum absolute atomic E-state index is 2.55. The van der Waals surface area contributed by atoms with Crippen molar-refractivity contribution >= 4 is 74.6 Å². The lowest BCUT2D eigenvalue weighted by molar-refractivity contribution is 0.667. The average Bonchev–Trinajstić information content (AvgIpc) is 3.75. The molecule has 0 bridgehead atoms. The zero-order valence-corrected chi connectivity index (χ0v) is 32.0. The van der Waals surface area contributed by atoms with Crippen LogP contribution in [0.3, 0.4) is 0 Å². The quantitative estimate of drug-likeness (QED) is 0.159. The van der Waals surface area contributed by atoms with Gasteiger partial charge in [-0.3, -0.25) is 0 Å². The van der Waals surface area contributed by atoms with Crippen molar-refractivity contribution in [3.05, 3.63) is 193 Å². The minimum Gasteiger partial charge on any atom is -0.134 e. The number of hydrogen-bond donors (Lipinski definition) is 0. The molecule has 1 heteroatoms. The highest BCUT2D eigenvalue weighted by Crippen LogP contribution is 2.58. The third-order valence-corrected chi connectivity index (χ3v) is 13.9. The van der Waals surface area contributed by atoms with Gasteiger partial charge in [0.1, 0.15) is 0 Å². The van der Waals surface area contributed by atoms with Gasteiger partial charge in [0.05, 0.1) is 0 Å². The second-order valence-corrected chi connectivity index (χ2v) is 17.0. The van der Waals surface area contributed by atoms with E-state index in [4.69, 9.17) is 0 Å². The molecule has 0 fully saturated rings. The van der Waals surface area contributed by atoms with E-state index in [0.717, 1.165) is 0 Å². The van der Waals surface area contributed by atoms with Gasteiger partial charge in [0.25, 0.3) is 0 Å². The predicted molar refractivity (Wildman–Crippen MR) is 243 cm³/mol. The Bertz CT molecular complexity index is 3380. The van der Waals surface area contributed by atoms with E-state index in [1.54, 1.807) is 0 Å². The minimum atomic E-state index is -0.131. The highest BCUT2D eigenvalue weighted by atomic mass is 32.1. The Balaban J connectivity index is 1.18. The Hall–Kier alpha value is -6.54. The Labute approximate surface area is 329 Å². The van der Waals surface area contributed by atoms with Gasteiger partial charge in [-0.25, -0.2) is 0 Å². The maximum Gasteiger partial charge on any atom is 0.0438 e. The Kier molecular flexibility index (Phi) is 6.66. The molecule has 0 atom stereocenters. The van der Waals surface area contributed by atoms with Crippen molar-refractivity contribution in [2.75, 3.05) is 0 Å². The van der Waals surface area contributed by atoms with E-state index in [-0.39, 0.29) is 5.41 Å². The highest BCUT2D eigenvalue weighted by Gasteiger charge is 2.39. The van der Waals surface area contributed by atoms with Crippen LogP contribution in [0.5, 0.6) is 0 Å². The van der Waals surface area contributed by atoms with Crippen molar-refractivity contribution in [1.29, 1.82) is 0 Å². The first-order valence-corrected chi connectivity index (χ1v) is 20.4. The predicted octanol–water partition coefficient (Wildman–Crippen LogP) is 16.0. The summed E-state index contributed by atoms with van der Waals surface area (Å²) in [6, 6.07) is 68.0. The van der Waals surface area contributed by atoms with Crippen molar-refractivity contribution in [3.8, 4) is 44.5 Å². The van der Waals surface area contributed by atoms with E-state index >= 15 is 0 Å². The Morgan fingerprint density at radius 1 is 0.357 bits per heavy atom. The standard InChI is InChI=1S/C55H36S/c1-55(2)48-23-13-12-18-40(48)46-32-47(54-51(52(46)55)45-29-28-34-16-6-7-17-39(34)53(45)56-54)50-43-21-10-8-19-41(43)49(42-20-9-11-22-44(42)50)38-27-26-36-30-35(24-25-37(36)31-38)33-14-4-3-5-15-33/h3-32H,1-2H3. The molecular weight excluding hydrogens is 693 g/mol. The van der Waals surface area contributed by atoms with E-state index < -0.39 is 0 Å². The summed E-state index contributed by atoms with van der Waals surface area (Å²) in [5.41, 5.74) is 13.1. The molecule has 1 aliphatic rings. The number of thiophene rings is 1. The van der Waals surface area contributed by atoms with Gasteiger partial charge in [-0.15, -0.1) is 11.3 Å². The number of hydrogen-bond acceptors (Lipinski definition) is 1. The van der Waals surface area contributed by atoms with Gasteiger partial charge in [-0.05, 0) is 111 Å². The molecule has 1 heterocycles. The molecule has 0 saturated heterocycles. The average molecular weight is 729 g/mol. The zero-order valence-electron chi connectivity index (χ0n) is 31.2. The van der Waals surface area contributed by atoms with E-state index in [2.05, 4.69) is 196 Å². The zero-order chi connectivity index (χ0) is 37.1. The fourth-order valence-electron chi connectivity index (χ4n) is 10.1. The van der Waals surface area contributed by atoms with Gasteiger partial charge >= 0.3 is 0 Å². The molecule has 262 valence electrons. The summed E-state index contributed by atoms with van der Waals surface area (Å²) in [5.74, 6) is 0. The normalized spacial score (nSPS) is 13.3. The van der Waals surface area contributed by atoms with Gasteiger partial charge in [-0.2, -0.15) is 0 Å². The largest absolute Gasteiger partial charge is 0.134 e. The molecule has 1 aliphatic carbocycles. The lowest BCUT2D eigenvalue weighted by atomic mass is 9.79. The molecule has 0 amide bonds. The maximum atomic E-state index is 2.55. The van der Waals surface area contributed by atoms with Crippen molar-refractivity contribution in [2.45, 2.75) is 19.3 Å². The third kappa shape index (κ3) is 4.41. The van der Waals surface area contributed by atoms with Crippen molar-refractivity contribution in [2.24, 2.45) is 0 Å². The lowest BCUT2D eigenvalue weighted by Gasteiger charge is -2.24. The molecule has 0 saturated carbocycles. The summed E-state index contributed by atoms with van der Waals surface area (Å²) in [4.78, 5) is 0. The van der Waals surface area contributed by atoms with Crippen molar-refractivity contribution in [1.82, 2.24) is 0 Å². The third-order valence-electron chi connectivity index (χ3n) is 12.6. The van der Waals surface area contributed by atoms with E-state index in [9.17, 15) is 0 Å². The lowest BCUT2D eigenvalue weighted by Crippen LogP contribution is -2.15. The van der Waals surface area contributed by atoms with Crippen molar-refractivity contribution in [3.63, 3.8) is 0 Å². The molecule has 1 aromatic heterocycles. The number of benzene rings is 10. The molecule has 10 aromatic carbocycles. The molecule has 0 nitrogen and oxygen atoms in total. The van der Waals surface area contributed by atoms with Crippen LogP contribution in [-0.2, 0) is 5.41 Å². The van der Waals surface area contributed by atoms with Gasteiger partial charge in [-0.1, -0.05) is 178 Å². The first-order valence-electron chi connectivity index (χ1n) is 19.6. The van der Waals surface area contributed by atoms with Gasteiger partial charge in [0, 0.05) is 31.2 Å². The highest BCUT2D eigenvalue weighted by molar-refractivity contribution is 7.27. The molecule has 0 N–H and O–H groups in total. The molecule has 56 heavy (non-hydrogen) atoms. The van der Waals surface area contributed by atoms with Gasteiger partial charge in [0.2, 0.25) is 0 Å². The SMILES string of the molecule is CC1(C)c2ccccc2-c2cc(-c3c4ccccc4c(-c4ccc5cc(-c6ccccc6)ccc5c4)c4ccccc34)c3sc4c5ccccc5ccc4c3c21. The molecule has 0 spiro atoms. The van der Waals surface area contributed by atoms with E-state index in [0.29, 0.717) is 0 Å². The second kappa shape index (κ2) is 11.7. The minimum absolute atomic E-state index is 0.131. The van der Waals surface area contributed by atoms with Crippen LogP contribution in [0, 0.1) is 0 Å². The van der Waals surface area contributed by atoms with Crippen LogP contribution in [0.25, 0.3) is 108 Å². The van der Waals surface area contributed by atoms with E-state index in [1.807, 2.05) is 11.3 Å². The number of fused-ring (bicyclic) bond motifs is 12. The number of rotatable bonds is 3. The molecular formula is C55H36S. The van der Waals surface area contributed by atoms with Gasteiger partial charge < -0.3 is 0 Å². The molecule has 11 aromatic rings. The topological polar surface area (TPSA) is 0 Å². The van der Waals surface area contributed by atoms with Crippen molar-refractivity contribution < 1.29 is 0 Å². The molecule has 12 rings (SSSR count). The van der Waals surface area contributed by atoms with E-state index in [1.165, 1.54) is 119 Å². The first kappa shape index (κ1) is 31.8. The molecule has 0 unspecified atom stereocenters. The smallest absolute Gasteiger partial charge is 0.0438 e. The van der Waals surface area contributed by atoms with Crippen LogP contribution < -0.4 is 0 Å². The summed E-state index contributed by atoms with van der Waals surface area (Å²) in [5, 5.41) is 13.0. The second-order valence-electron chi connectivity index (χ2n) is 16.0. The summed E-state index contributed by atoms with van der Waals surface area (Å²) in [7, 11) is 0. The fourth-order valence-corrected chi connectivity index (χ4v) is 11.4. The summed E-state index contributed by atoms with van der Waals surface area (Å²) < 4.78 is 2.75. The summed E-state index contributed by atoms with van der Waals surface area (Å²) in [6.07, 6.45) is 0. The van der Waals surface area contributed by atoms with Crippen LogP contribution >= 0.6 is 11.3 Å². The Morgan fingerprint density at radius 2 is 0.929 bits per heavy atom. The van der Waals surface area contributed by atoms with Crippen LogP contribution in [-0.4, -0.2) is 0 Å². The fraction of sp³-hybridized carbons (Fsp3) is 0.0545. The summed E-state index contributed by atoms with van der Waals surface area (Å²) in [6.45, 7) is 4.85. The monoisotopic (exact) mass is 728 g/mol.